The van der Waals surface area contributed by atoms with Gasteiger partial charge in [0.2, 0.25) is 0 Å². The number of nitrogens with zero attached hydrogens (tertiary/aromatic N) is 2. The van der Waals surface area contributed by atoms with Crippen LogP contribution in [0.3, 0.4) is 0 Å². The average Bonchev–Trinajstić information content (AvgIpc) is 3.51. The lowest BCUT2D eigenvalue weighted by Gasteiger charge is -2.19. The molecule has 184 valence electrons. The number of nitrogen functional groups attached to an aromatic ring is 1. The fourth-order valence-electron chi connectivity index (χ4n) is 4.25. The van der Waals surface area contributed by atoms with Crippen LogP contribution in [0.2, 0.25) is 0 Å². The van der Waals surface area contributed by atoms with Crippen molar-refractivity contribution in [1.82, 2.24) is 15.1 Å². The number of anilines is 1. The topological polar surface area (TPSA) is 134 Å². The fraction of sp³-hybridized carbons (Fsp3) is 0.320. The number of benzene rings is 2. The zero-order valence-corrected chi connectivity index (χ0v) is 19.6. The van der Waals surface area contributed by atoms with Crippen LogP contribution in [0.1, 0.15) is 45.7 Å². The van der Waals surface area contributed by atoms with Gasteiger partial charge in [-0.1, -0.05) is 24.3 Å². The maximum absolute atomic E-state index is 13.6. The maximum Gasteiger partial charge on any atom is 0.255 e. The Bertz CT molecular complexity index is 1240. The minimum absolute atomic E-state index is 0.0568. The third-order valence-electron chi connectivity index (χ3n) is 6.31. The number of methoxy groups -OCH3 is 1. The van der Waals surface area contributed by atoms with Gasteiger partial charge in [-0.3, -0.25) is 9.59 Å². The number of nitrogens with two attached hydrogens (primary N) is 2. The standard InChI is InChI=1S/C25H28FN5O4/c1-14(17-9-10-35-13-17)31-23(27)21(24(28)32)22(30-31)16-5-3-15(4-6-16)12-29-25(33)19-11-18(26)7-8-20(19)34-2/h3-8,11,14,17H,9-10,12-13,27H2,1-2H3,(H2,28,32)(H,29,33). The molecule has 2 aromatic carbocycles. The monoisotopic (exact) mass is 481 g/mol. The zero-order chi connectivity index (χ0) is 25.1. The van der Waals surface area contributed by atoms with Crippen LogP contribution in [-0.4, -0.2) is 41.9 Å². The Morgan fingerprint density at radius 2 is 2.03 bits per heavy atom. The Kier molecular flexibility index (Phi) is 7.02. The first kappa shape index (κ1) is 24.2. The number of nitrogens with one attached hydrogen (secondary N) is 1. The van der Waals surface area contributed by atoms with Gasteiger partial charge in [0.05, 0.1) is 25.3 Å². The van der Waals surface area contributed by atoms with E-state index in [2.05, 4.69) is 10.4 Å². The Hall–Kier alpha value is -3.92. The van der Waals surface area contributed by atoms with Crippen LogP contribution in [0.4, 0.5) is 10.2 Å². The molecule has 0 bridgehead atoms. The summed E-state index contributed by atoms with van der Waals surface area (Å²) in [5.41, 5.74) is 14.1. The molecule has 1 fully saturated rings. The largest absolute Gasteiger partial charge is 0.496 e. The van der Waals surface area contributed by atoms with Crippen molar-refractivity contribution in [2.75, 3.05) is 26.1 Å². The first-order chi connectivity index (χ1) is 16.8. The smallest absolute Gasteiger partial charge is 0.255 e. The summed E-state index contributed by atoms with van der Waals surface area (Å²) in [5, 5.41) is 7.39. The summed E-state index contributed by atoms with van der Waals surface area (Å²) in [6.07, 6.45) is 0.892. The molecule has 35 heavy (non-hydrogen) atoms. The lowest BCUT2D eigenvalue weighted by Crippen LogP contribution is -2.23. The van der Waals surface area contributed by atoms with Gasteiger partial charge in [-0.15, -0.1) is 0 Å². The van der Waals surface area contributed by atoms with Gasteiger partial charge >= 0.3 is 0 Å². The summed E-state index contributed by atoms with van der Waals surface area (Å²) in [6, 6.07) is 10.9. The Labute approximate surface area is 202 Å². The van der Waals surface area contributed by atoms with E-state index in [-0.39, 0.29) is 41.2 Å². The van der Waals surface area contributed by atoms with Crippen molar-refractivity contribution in [2.45, 2.75) is 25.9 Å². The van der Waals surface area contributed by atoms with E-state index in [9.17, 15) is 14.0 Å². The average molecular weight is 482 g/mol. The van der Waals surface area contributed by atoms with Crippen LogP contribution in [0.5, 0.6) is 5.75 Å². The van der Waals surface area contributed by atoms with Crippen molar-refractivity contribution in [3.8, 4) is 17.0 Å². The van der Waals surface area contributed by atoms with E-state index in [4.69, 9.17) is 20.9 Å². The van der Waals surface area contributed by atoms with E-state index in [0.717, 1.165) is 18.1 Å². The molecule has 10 heteroatoms. The number of aromatic nitrogens is 2. The Balaban J connectivity index is 1.52. The molecule has 2 atom stereocenters. The van der Waals surface area contributed by atoms with Gasteiger partial charge in [0, 0.05) is 24.6 Å². The Morgan fingerprint density at radius 3 is 2.66 bits per heavy atom. The third-order valence-corrected chi connectivity index (χ3v) is 6.31. The number of rotatable bonds is 8. The van der Waals surface area contributed by atoms with Crippen molar-refractivity contribution in [1.29, 1.82) is 0 Å². The predicted molar refractivity (Wildman–Crippen MR) is 128 cm³/mol. The second kappa shape index (κ2) is 10.1. The highest BCUT2D eigenvalue weighted by atomic mass is 19.1. The van der Waals surface area contributed by atoms with E-state index in [1.54, 1.807) is 28.9 Å². The van der Waals surface area contributed by atoms with E-state index in [1.807, 2.05) is 6.92 Å². The van der Waals surface area contributed by atoms with Crippen LogP contribution >= 0.6 is 0 Å². The first-order valence-corrected chi connectivity index (χ1v) is 11.3. The van der Waals surface area contributed by atoms with Gasteiger partial charge in [0.25, 0.3) is 11.8 Å². The molecule has 0 radical (unpaired) electrons. The van der Waals surface area contributed by atoms with Crippen LogP contribution < -0.4 is 21.5 Å². The van der Waals surface area contributed by atoms with Crippen LogP contribution in [0.15, 0.2) is 42.5 Å². The molecule has 1 aromatic heterocycles. The number of amides is 2. The molecule has 1 aliphatic rings. The van der Waals surface area contributed by atoms with Crippen molar-refractivity contribution in [2.24, 2.45) is 11.7 Å². The molecule has 3 aromatic rings. The highest BCUT2D eigenvalue weighted by Crippen LogP contribution is 2.33. The molecule has 2 heterocycles. The number of primary amides is 1. The molecule has 4 rings (SSSR count). The lowest BCUT2D eigenvalue weighted by molar-refractivity contribution is 0.0946. The van der Waals surface area contributed by atoms with E-state index >= 15 is 0 Å². The van der Waals surface area contributed by atoms with Gasteiger partial charge in [-0.2, -0.15) is 5.10 Å². The summed E-state index contributed by atoms with van der Waals surface area (Å²) in [7, 11) is 1.42. The molecule has 1 aliphatic heterocycles. The van der Waals surface area contributed by atoms with E-state index in [0.29, 0.717) is 24.5 Å². The van der Waals surface area contributed by atoms with Gasteiger partial charge in [0.15, 0.2) is 0 Å². The number of hydrogen-bond donors (Lipinski definition) is 3. The highest BCUT2D eigenvalue weighted by Gasteiger charge is 2.29. The quantitative estimate of drug-likeness (QED) is 0.453. The molecule has 0 saturated carbocycles. The molecule has 5 N–H and O–H groups in total. The second-order valence-corrected chi connectivity index (χ2v) is 8.51. The molecule has 9 nitrogen and oxygen atoms in total. The number of halogens is 1. The number of hydrogen-bond acceptors (Lipinski definition) is 6. The van der Waals surface area contributed by atoms with Crippen LogP contribution in [0.25, 0.3) is 11.3 Å². The SMILES string of the molecule is COc1ccc(F)cc1C(=O)NCc1ccc(-c2nn(C(C)C3CCOC3)c(N)c2C(N)=O)cc1. The maximum atomic E-state index is 13.6. The fourth-order valence-corrected chi connectivity index (χ4v) is 4.25. The summed E-state index contributed by atoms with van der Waals surface area (Å²) in [5.74, 6) is -0.888. The van der Waals surface area contributed by atoms with Crippen molar-refractivity contribution in [3.05, 3.63) is 65.0 Å². The summed E-state index contributed by atoms with van der Waals surface area (Å²) < 4.78 is 25.8. The second-order valence-electron chi connectivity index (χ2n) is 8.51. The minimum atomic E-state index is -0.654. The summed E-state index contributed by atoms with van der Waals surface area (Å²) >= 11 is 0. The first-order valence-electron chi connectivity index (χ1n) is 11.3. The summed E-state index contributed by atoms with van der Waals surface area (Å²) in [4.78, 5) is 24.7. The van der Waals surface area contributed by atoms with E-state index < -0.39 is 17.6 Å². The van der Waals surface area contributed by atoms with E-state index in [1.165, 1.54) is 19.2 Å². The summed E-state index contributed by atoms with van der Waals surface area (Å²) in [6.45, 7) is 3.51. The molecular weight excluding hydrogens is 453 g/mol. The van der Waals surface area contributed by atoms with Crippen molar-refractivity contribution < 1.29 is 23.5 Å². The van der Waals surface area contributed by atoms with Gasteiger partial charge in [-0.05, 0) is 37.1 Å². The van der Waals surface area contributed by atoms with Crippen molar-refractivity contribution in [3.63, 3.8) is 0 Å². The molecule has 2 unspecified atom stereocenters. The van der Waals surface area contributed by atoms with Crippen LogP contribution in [0, 0.1) is 11.7 Å². The lowest BCUT2D eigenvalue weighted by atomic mass is 10.0. The number of ether oxygens (including phenoxy) is 2. The number of carbonyl (C=O) groups excluding carboxylic acids is 2. The number of carbonyl (C=O) groups is 2. The Morgan fingerprint density at radius 1 is 1.29 bits per heavy atom. The highest BCUT2D eigenvalue weighted by molar-refractivity contribution is 6.03. The molecule has 0 aliphatic carbocycles. The van der Waals surface area contributed by atoms with Crippen LogP contribution in [-0.2, 0) is 11.3 Å². The minimum Gasteiger partial charge on any atom is -0.496 e. The van der Waals surface area contributed by atoms with Crippen molar-refractivity contribution >= 4 is 17.6 Å². The molecule has 1 saturated heterocycles. The predicted octanol–water partition coefficient (Wildman–Crippen LogP) is 2.91. The molecule has 2 amide bonds. The zero-order valence-electron chi connectivity index (χ0n) is 19.6. The van der Waals surface area contributed by atoms with Gasteiger partial charge in [0.1, 0.15) is 28.6 Å². The normalized spacial score (nSPS) is 16.1. The molecular formula is C25H28FN5O4. The third kappa shape index (κ3) is 4.97. The van der Waals surface area contributed by atoms with Gasteiger partial charge in [-0.25, -0.2) is 9.07 Å². The van der Waals surface area contributed by atoms with Gasteiger partial charge < -0.3 is 26.3 Å². The molecule has 0 spiro atoms.